The van der Waals surface area contributed by atoms with Crippen LogP contribution in [0.25, 0.3) is 21.9 Å². The van der Waals surface area contributed by atoms with E-state index in [1.807, 2.05) is 13.8 Å². The number of phenols is 1. The molecule has 0 heterocycles. The second kappa shape index (κ2) is 4.79. The quantitative estimate of drug-likeness (QED) is 0.667. The molecule has 1 aliphatic carbocycles. The van der Waals surface area contributed by atoms with Crippen LogP contribution in [-0.4, -0.2) is 16.2 Å². The number of halogens is 2. The van der Waals surface area contributed by atoms with Crippen LogP contribution < -0.4 is 0 Å². The molecule has 0 fully saturated rings. The summed E-state index contributed by atoms with van der Waals surface area (Å²) < 4.78 is 28.1. The molecule has 0 atom stereocenters. The van der Waals surface area contributed by atoms with E-state index < -0.39 is 23.0 Å². The number of rotatable bonds is 1. The van der Waals surface area contributed by atoms with Gasteiger partial charge < -0.3 is 10.2 Å². The van der Waals surface area contributed by atoms with Crippen molar-refractivity contribution in [3.05, 3.63) is 64.7 Å². The number of fused-ring (bicyclic) bond motifs is 5. The lowest BCUT2D eigenvalue weighted by Gasteiger charge is -2.22. The van der Waals surface area contributed by atoms with Crippen LogP contribution in [0, 0.1) is 11.6 Å². The number of aromatic carboxylic acids is 1. The van der Waals surface area contributed by atoms with Crippen LogP contribution >= 0.6 is 0 Å². The Balaban J connectivity index is 2.21. The number of carboxylic acids is 1. The second-order valence-corrected chi connectivity index (χ2v) is 6.82. The maximum absolute atomic E-state index is 14.3. The van der Waals surface area contributed by atoms with Crippen molar-refractivity contribution in [1.82, 2.24) is 0 Å². The van der Waals surface area contributed by atoms with Crippen LogP contribution in [0.2, 0.25) is 0 Å². The molecule has 5 heteroatoms. The zero-order valence-electron chi connectivity index (χ0n) is 13.5. The summed E-state index contributed by atoms with van der Waals surface area (Å²) in [6.45, 7) is 3.86. The van der Waals surface area contributed by atoms with E-state index in [2.05, 4.69) is 0 Å². The van der Waals surface area contributed by atoms with Crippen molar-refractivity contribution < 1.29 is 23.8 Å². The third-order valence-electron chi connectivity index (χ3n) is 5.01. The van der Waals surface area contributed by atoms with Crippen molar-refractivity contribution in [3.8, 4) is 16.9 Å². The Bertz CT molecular complexity index is 1080. The fourth-order valence-corrected chi connectivity index (χ4v) is 3.81. The van der Waals surface area contributed by atoms with Gasteiger partial charge in [-0.15, -0.1) is 0 Å². The Morgan fingerprint density at radius 1 is 1.04 bits per heavy atom. The molecule has 1 aliphatic rings. The molecule has 3 aromatic carbocycles. The Hall–Kier alpha value is -2.95. The molecule has 0 aromatic heterocycles. The van der Waals surface area contributed by atoms with E-state index in [0.29, 0.717) is 16.7 Å². The molecule has 3 nitrogen and oxygen atoms in total. The van der Waals surface area contributed by atoms with Gasteiger partial charge in [-0.25, -0.2) is 13.6 Å². The Morgan fingerprint density at radius 2 is 1.76 bits per heavy atom. The van der Waals surface area contributed by atoms with Gasteiger partial charge in [0, 0.05) is 11.5 Å². The average molecular weight is 340 g/mol. The number of aromatic hydroxyl groups is 1. The first-order chi connectivity index (χ1) is 11.7. The summed E-state index contributed by atoms with van der Waals surface area (Å²) >= 11 is 0. The van der Waals surface area contributed by atoms with Crippen LogP contribution in [0.1, 0.15) is 35.3 Å². The number of carboxylic acid groups (broad SMARTS) is 1. The monoisotopic (exact) mass is 340 g/mol. The minimum atomic E-state index is -1.07. The third-order valence-corrected chi connectivity index (χ3v) is 5.01. The predicted molar refractivity (Wildman–Crippen MR) is 90.1 cm³/mol. The predicted octanol–water partition coefficient (Wildman–Crippen LogP) is 4.83. The van der Waals surface area contributed by atoms with Gasteiger partial charge in [0.1, 0.15) is 17.4 Å². The number of benzene rings is 3. The van der Waals surface area contributed by atoms with Crippen molar-refractivity contribution in [2.24, 2.45) is 0 Å². The minimum absolute atomic E-state index is 0.0653. The highest BCUT2D eigenvalue weighted by Crippen LogP contribution is 2.53. The summed E-state index contributed by atoms with van der Waals surface area (Å²) in [6.07, 6.45) is 0. The summed E-state index contributed by atoms with van der Waals surface area (Å²) in [5.41, 5.74) is 2.31. The van der Waals surface area contributed by atoms with Gasteiger partial charge in [0.05, 0.1) is 10.9 Å². The third kappa shape index (κ3) is 1.98. The molecule has 2 N–H and O–H groups in total. The summed E-state index contributed by atoms with van der Waals surface area (Å²) in [5, 5.41) is 19.8. The first-order valence-electron chi connectivity index (χ1n) is 7.75. The van der Waals surface area contributed by atoms with Gasteiger partial charge in [0.2, 0.25) is 0 Å². The van der Waals surface area contributed by atoms with Crippen LogP contribution in [0.3, 0.4) is 0 Å². The van der Waals surface area contributed by atoms with Crippen molar-refractivity contribution in [3.63, 3.8) is 0 Å². The van der Waals surface area contributed by atoms with Gasteiger partial charge in [0.15, 0.2) is 0 Å². The van der Waals surface area contributed by atoms with Crippen LogP contribution in [0.4, 0.5) is 8.78 Å². The molecule has 4 rings (SSSR count). The van der Waals surface area contributed by atoms with Gasteiger partial charge in [-0.1, -0.05) is 19.9 Å². The molecule has 0 amide bonds. The average Bonchev–Trinajstić information content (AvgIpc) is 2.74. The number of phenolic OH excluding ortho intramolecular Hbond substituents is 1. The van der Waals surface area contributed by atoms with E-state index in [4.69, 9.17) is 0 Å². The first kappa shape index (κ1) is 15.6. The molecule has 0 saturated heterocycles. The van der Waals surface area contributed by atoms with E-state index in [-0.39, 0.29) is 22.1 Å². The molecule has 25 heavy (non-hydrogen) atoms. The highest BCUT2D eigenvalue weighted by molar-refractivity contribution is 6.06. The molecule has 126 valence electrons. The van der Waals surface area contributed by atoms with Gasteiger partial charge in [-0.05, 0) is 51.9 Å². The smallest absolute Gasteiger partial charge is 0.335 e. The van der Waals surface area contributed by atoms with E-state index in [9.17, 15) is 23.8 Å². The SMILES string of the molecule is CC1(C)c2ccc(C(=O)O)cc2-c2c1cc(O)c1c(F)cc(F)cc21. The van der Waals surface area contributed by atoms with E-state index >= 15 is 0 Å². The molecule has 0 spiro atoms. The molecule has 0 saturated carbocycles. The molecule has 0 unspecified atom stereocenters. The summed E-state index contributed by atoms with van der Waals surface area (Å²) in [6, 6.07) is 8.14. The van der Waals surface area contributed by atoms with E-state index in [1.165, 1.54) is 24.3 Å². The minimum Gasteiger partial charge on any atom is -0.507 e. The maximum atomic E-state index is 14.3. The van der Waals surface area contributed by atoms with Gasteiger partial charge in [-0.2, -0.15) is 0 Å². The Labute approximate surface area is 142 Å². The normalized spacial score (nSPS) is 14.4. The molecular weight excluding hydrogens is 326 g/mol. The Kier molecular flexibility index (Phi) is 2.98. The van der Waals surface area contributed by atoms with E-state index in [1.54, 1.807) is 6.07 Å². The number of carbonyl (C=O) groups is 1. The molecule has 0 radical (unpaired) electrons. The van der Waals surface area contributed by atoms with Crippen molar-refractivity contribution >= 4 is 16.7 Å². The molecular formula is C20H14F2O3. The van der Waals surface area contributed by atoms with Gasteiger partial charge >= 0.3 is 5.97 Å². The highest BCUT2D eigenvalue weighted by atomic mass is 19.1. The number of hydrogen-bond donors (Lipinski definition) is 2. The lowest BCUT2D eigenvalue weighted by atomic mass is 9.81. The molecule has 0 aliphatic heterocycles. The zero-order valence-corrected chi connectivity index (χ0v) is 13.5. The second-order valence-electron chi connectivity index (χ2n) is 6.82. The topological polar surface area (TPSA) is 57.5 Å². The summed E-state index contributed by atoms with van der Waals surface area (Å²) in [4.78, 5) is 11.3. The van der Waals surface area contributed by atoms with E-state index in [0.717, 1.165) is 11.6 Å². The summed E-state index contributed by atoms with van der Waals surface area (Å²) in [5.74, 6) is -2.94. The summed E-state index contributed by atoms with van der Waals surface area (Å²) in [7, 11) is 0. The fourth-order valence-electron chi connectivity index (χ4n) is 3.81. The van der Waals surface area contributed by atoms with Gasteiger partial charge in [0.25, 0.3) is 0 Å². The lowest BCUT2D eigenvalue weighted by Crippen LogP contribution is -2.15. The molecule has 3 aromatic rings. The molecule has 0 bridgehead atoms. The lowest BCUT2D eigenvalue weighted by molar-refractivity contribution is 0.0697. The largest absolute Gasteiger partial charge is 0.507 e. The zero-order chi connectivity index (χ0) is 18.1. The first-order valence-corrected chi connectivity index (χ1v) is 7.75. The van der Waals surface area contributed by atoms with Crippen molar-refractivity contribution in [1.29, 1.82) is 0 Å². The fraction of sp³-hybridized carbons (Fsp3) is 0.150. The van der Waals surface area contributed by atoms with Gasteiger partial charge in [-0.3, -0.25) is 0 Å². The van der Waals surface area contributed by atoms with Crippen LogP contribution in [0.15, 0.2) is 36.4 Å². The van der Waals surface area contributed by atoms with Crippen LogP contribution in [-0.2, 0) is 5.41 Å². The van der Waals surface area contributed by atoms with Crippen LogP contribution in [0.5, 0.6) is 5.75 Å². The number of hydrogen-bond acceptors (Lipinski definition) is 2. The highest BCUT2D eigenvalue weighted by Gasteiger charge is 2.38. The standard InChI is InChI=1S/C20H14F2O3/c1-20(2)13-4-3-9(19(24)25)5-11(13)17-12-6-10(21)7-15(22)18(12)16(23)8-14(17)20/h3-8,23H,1-2H3,(H,24,25). The maximum Gasteiger partial charge on any atom is 0.335 e. The Morgan fingerprint density at radius 3 is 2.44 bits per heavy atom. The van der Waals surface area contributed by atoms with Crippen molar-refractivity contribution in [2.75, 3.05) is 0 Å². The van der Waals surface area contributed by atoms with Crippen molar-refractivity contribution in [2.45, 2.75) is 19.3 Å².